The molecule has 3 atom stereocenters. The van der Waals surface area contributed by atoms with Crippen LogP contribution < -0.4 is 15.4 Å². The third kappa shape index (κ3) is 6.58. The molecule has 0 saturated carbocycles. The Morgan fingerprint density at radius 1 is 1.17 bits per heavy atom. The summed E-state index contributed by atoms with van der Waals surface area (Å²) < 4.78 is 39.3. The van der Waals surface area contributed by atoms with Crippen molar-refractivity contribution in [2.24, 2.45) is 5.92 Å². The molecule has 1 aliphatic heterocycles. The van der Waals surface area contributed by atoms with Crippen LogP contribution in [0.25, 0.3) is 0 Å². The molecule has 0 unspecified atom stereocenters. The van der Waals surface area contributed by atoms with Crippen molar-refractivity contribution in [1.82, 2.24) is 14.4 Å². The molecule has 0 fully saturated rings. The van der Waals surface area contributed by atoms with Crippen LogP contribution in [0.2, 0.25) is 0 Å². The van der Waals surface area contributed by atoms with Crippen molar-refractivity contribution < 1.29 is 32.4 Å². The van der Waals surface area contributed by atoms with E-state index in [0.29, 0.717) is 22.8 Å². The highest BCUT2D eigenvalue weighted by Crippen LogP contribution is 2.31. The van der Waals surface area contributed by atoms with Gasteiger partial charge in [-0.15, -0.1) is 0 Å². The van der Waals surface area contributed by atoms with Gasteiger partial charge in [0.2, 0.25) is 10.0 Å². The highest BCUT2D eigenvalue weighted by Gasteiger charge is 2.35. The summed E-state index contributed by atoms with van der Waals surface area (Å²) in [6.45, 7) is 8.84. The summed E-state index contributed by atoms with van der Waals surface area (Å²) in [6.07, 6.45) is -0.628. The number of likely N-dealkylation sites (N-methyl/N-ethyl adjacent to an activating group) is 1. The van der Waals surface area contributed by atoms with E-state index in [0.717, 1.165) is 5.56 Å². The molecule has 3 aromatic rings. The van der Waals surface area contributed by atoms with Gasteiger partial charge in [-0.2, -0.15) is 4.31 Å². The van der Waals surface area contributed by atoms with Crippen LogP contribution in [-0.4, -0.2) is 78.7 Å². The fraction of sp³-hybridized carbons (Fsp3) is 0.414. The Hall–Kier alpha value is -3.94. The topological polar surface area (TPSA) is 154 Å². The Morgan fingerprint density at radius 2 is 1.86 bits per heavy atom. The Kier molecular flexibility index (Phi) is 9.24. The second-order valence-electron chi connectivity index (χ2n) is 10.7. The van der Waals surface area contributed by atoms with Gasteiger partial charge in [-0.25, -0.2) is 13.2 Å². The standard InChI is InChI=1S/C29H37N5O7S/c1-17-7-10-23(11-8-17)42(38,39)33(6)15-26-18(2)14-34(19(3)16-35)28(36)24-13-22(9-12-25(24)40-26)30-29(37)31-27-20(4)32-41-21(27)5/h7-13,18-19,26,35H,14-16H2,1-6H3,(H2,30,31,37)/t18-,19+,26-/m1/s1. The van der Waals surface area contributed by atoms with E-state index in [9.17, 15) is 23.1 Å². The van der Waals surface area contributed by atoms with E-state index >= 15 is 0 Å². The molecule has 1 aliphatic rings. The molecule has 0 bridgehead atoms. The zero-order valence-corrected chi connectivity index (χ0v) is 25.4. The van der Waals surface area contributed by atoms with E-state index in [2.05, 4.69) is 15.8 Å². The first-order valence-electron chi connectivity index (χ1n) is 13.6. The first kappa shape index (κ1) is 31.0. The quantitative estimate of drug-likeness (QED) is 0.353. The van der Waals surface area contributed by atoms with Gasteiger partial charge in [0.25, 0.3) is 5.91 Å². The maximum atomic E-state index is 13.7. The van der Waals surface area contributed by atoms with Gasteiger partial charge in [0.05, 0.1) is 29.7 Å². The molecule has 0 spiro atoms. The van der Waals surface area contributed by atoms with E-state index < -0.39 is 28.2 Å². The van der Waals surface area contributed by atoms with Crippen LogP contribution in [0, 0.1) is 26.7 Å². The van der Waals surface area contributed by atoms with Crippen molar-refractivity contribution >= 4 is 33.3 Å². The minimum atomic E-state index is -3.80. The summed E-state index contributed by atoms with van der Waals surface area (Å²) in [5.74, 6) is 0.0229. The number of rotatable bonds is 8. The summed E-state index contributed by atoms with van der Waals surface area (Å²) in [6, 6.07) is 10.2. The van der Waals surface area contributed by atoms with Crippen LogP contribution in [0.1, 0.15) is 41.2 Å². The van der Waals surface area contributed by atoms with E-state index in [4.69, 9.17) is 9.26 Å². The number of benzene rings is 2. The molecular formula is C29H37N5O7S. The lowest BCUT2D eigenvalue weighted by Crippen LogP contribution is -2.50. The maximum Gasteiger partial charge on any atom is 0.323 e. The number of aromatic nitrogens is 1. The number of hydrogen-bond donors (Lipinski definition) is 3. The number of nitrogens with one attached hydrogen (secondary N) is 2. The SMILES string of the molecule is Cc1ccc(S(=O)(=O)N(C)C[C@H]2Oc3ccc(NC(=O)Nc4c(C)noc4C)cc3C(=O)N([C@@H](C)CO)C[C@H]2C)cc1. The molecule has 2 heterocycles. The van der Waals surface area contributed by atoms with Crippen LogP contribution >= 0.6 is 0 Å². The Morgan fingerprint density at radius 3 is 2.48 bits per heavy atom. The predicted octanol–water partition coefficient (Wildman–Crippen LogP) is 3.78. The van der Waals surface area contributed by atoms with Crippen molar-refractivity contribution in [3.8, 4) is 5.75 Å². The second-order valence-corrected chi connectivity index (χ2v) is 12.8. The number of aliphatic hydroxyl groups is 1. The fourth-order valence-corrected chi connectivity index (χ4v) is 5.88. The van der Waals surface area contributed by atoms with Gasteiger partial charge in [0.15, 0.2) is 5.76 Å². The van der Waals surface area contributed by atoms with E-state index in [1.165, 1.54) is 17.4 Å². The Bertz CT molecular complexity index is 1540. The average molecular weight is 600 g/mol. The minimum Gasteiger partial charge on any atom is -0.488 e. The Balaban J connectivity index is 1.62. The lowest BCUT2D eigenvalue weighted by molar-refractivity contribution is 0.0387. The number of urea groups is 1. The van der Waals surface area contributed by atoms with Gasteiger partial charge < -0.3 is 29.9 Å². The fourth-order valence-electron chi connectivity index (χ4n) is 4.70. The second kappa shape index (κ2) is 12.5. The molecule has 12 nitrogen and oxygen atoms in total. The largest absolute Gasteiger partial charge is 0.488 e. The zero-order valence-electron chi connectivity index (χ0n) is 24.5. The van der Waals surface area contributed by atoms with Crippen molar-refractivity contribution in [1.29, 1.82) is 0 Å². The van der Waals surface area contributed by atoms with Crippen LogP contribution in [0.4, 0.5) is 16.2 Å². The average Bonchev–Trinajstić information content (AvgIpc) is 3.26. The molecule has 4 rings (SSSR count). The number of ether oxygens (including phenoxy) is 1. The van der Waals surface area contributed by atoms with Gasteiger partial charge in [-0.1, -0.05) is 29.8 Å². The third-order valence-corrected chi connectivity index (χ3v) is 9.20. The molecule has 13 heteroatoms. The predicted molar refractivity (Wildman–Crippen MR) is 157 cm³/mol. The maximum absolute atomic E-state index is 13.7. The molecule has 0 aliphatic carbocycles. The Labute approximate surface area is 245 Å². The first-order valence-corrected chi connectivity index (χ1v) is 15.0. The van der Waals surface area contributed by atoms with Gasteiger partial charge in [-0.05, 0) is 58.0 Å². The number of amides is 3. The molecule has 0 radical (unpaired) electrons. The molecule has 3 amide bonds. The van der Waals surface area contributed by atoms with E-state index in [1.807, 2.05) is 13.8 Å². The minimum absolute atomic E-state index is 0.0200. The summed E-state index contributed by atoms with van der Waals surface area (Å²) in [5, 5.41) is 19.1. The monoisotopic (exact) mass is 599 g/mol. The molecule has 3 N–H and O–H groups in total. The smallest absolute Gasteiger partial charge is 0.323 e. The zero-order chi connectivity index (χ0) is 30.8. The number of sulfonamides is 1. The molecule has 226 valence electrons. The number of anilines is 2. The summed E-state index contributed by atoms with van der Waals surface area (Å²) in [5.41, 5.74) is 2.42. The van der Waals surface area contributed by atoms with Crippen molar-refractivity contribution in [2.75, 3.05) is 37.4 Å². The molecule has 2 aromatic carbocycles. The number of aryl methyl sites for hydroxylation is 3. The van der Waals surface area contributed by atoms with Crippen LogP contribution in [0.3, 0.4) is 0 Å². The van der Waals surface area contributed by atoms with E-state index in [-0.39, 0.29) is 47.7 Å². The lowest BCUT2D eigenvalue weighted by atomic mass is 9.99. The van der Waals surface area contributed by atoms with Crippen LogP contribution in [0.5, 0.6) is 5.75 Å². The molecule has 42 heavy (non-hydrogen) atoms. The number of fused-ring (bicyclic) bond motifs is 1. The summed E-state index contributed by atoms with van der Waals surface area (Å²) in [4.78, 5) is 28.1. The number of hydrogen-bond acceptors (Lipinski definition) is 8. The van der Waals surface area contributed by atoms with Gasteiger partial charge >= 0.3 is 6.03 Å². The molecule has 0 saturated heterocycles. The van der Waals surface area contributed by atoms with Crippen LogP contribution in [0.15, 0.2) is 51.9 Å². The van der Waals surface area contributed by atoms with Crippen molar-refractivity contribution in [2.45, 2.75) is 51.7 Å². The first-order chi connectivity index (χ1) is 19.8. The third-order valence-electron chi connectivity index (χ3n) is 7.36. The van der Waals surface area contributed by atoms with Gasteiger partial charge in [0.1, 0.15) is 23.2 Å². The summed E-state index contributed by atoms with van der Waals surface area (Å²) >= 11 is 0. The summed E-state index contributed by atoms with van der Waals surface area (Å²) in [7, 11) is -2.31. The van der Waals surface area contributed by atoms with Crippen molar-refractivity contribution in [3.05, 3.63) is 65.0 Å². The van der Waals surface area contributed by atoms with Gasteiger partial charge in [0, 0.05) is 25.2 Å². The molecular weight excluding hydrogens is 562 g/mol. The normalized spacial score (nSPS) is 18.1. The number of nitrogens with zero attached hydrogens (tertiary/aromatic N) is 3. The molecule has 1 aromatic heterocycles. The lowest BCUT2D eigenvalue weighted by Gasteiger charge is -2.38. The number of carbonyl (C=O) groups excluding carboxylic acids is 2. The van der Waals surface area contributed by atoms with Gasteiger partial charge in [-0.3, -0.25) is 4.79 Å². The van der Waals surface area contributed by atoms with Crippen LogP contribution in [-0.2, 0) is 10.0 Å². The van der Waals surface area contributed by atoms with E-state index in [1.54, 1.807) is 62.1 Å². The highest BCUT2D eigenvalue weighted by atomic mass is 32.2. The van der Waals surface area contributed by atoms with Crippen molar-refractivity contribution in [3.63, 3.8) is 0 Å². The number of carbonyl (C=O) groups is 2. The highest BCUT2D eigenvalue weighted by molar-refractivity contribution is 7.89. The number of aliphatic hydroxyl groups excluding tert-OH is 1.